The number of carbonyl (C=O) groups excluding carboxylic acids is 2. The smallest absolute Gasteiger partial charge is 0.264 e. The maximum Gasteiger partial charge on any atom is 0.264 e. The Labute approximate surface area is 230 Å². The fourth-order valence-corrected chi connectivity index (χ4v) is 5.44. The number of sulfonamides is 1. The van der Waals surface area contributed by atoms with Crippen molar-refractivity contribution in [3.05, 3.63) is 83.4 Å². The van der Waals surface area contributed by atoms with E-state index in [1.54, 1.807) is 31.2 Å². The lowest BCUT2D eigenvalue weighted by Gasteiger charge is -2.32. The largest absolute Gasteiger partial charge is 0.497 e. The first-order valence-corrected chi connectivity index (χ1v) is 13.8. The Kier molecular flexibility index (Phi) is 9.58. The minimum absolute atomic E-state index is 0.00945. The maximum atomic E-state index is 14.0. The molecule has 9 nitrogen and oxygen atoms in total. The van der Waals surface area contributed by atoms with Crippen molar-refractivity contribution in [1.29, 1.82) is 0 Å². The molecule has 0 heterocycles. The summed E-state index contributed by atoms with van der Waals surface area (Å²) in [7, 11) is 0.131. The van der Waals surface area contributed by atoms with Gasteiger partial charge in [0.1, 0.15) is 24.1 Å². The Morgan fingerprint density at radius 1 is 0.897 bits per heavy atom. The molecule has 3 rings (SSSR count). The molecule has 0 radical (unpaired) electrons. The van der Waals surface area contributed by atoms with Crippen LogP contribution in [-0.2, 0) is 26.2 Å². The van der Waals surface area contributed by atoms with Crippen LogP contribution in [0, 0.1) is 13.8 Å². The summed E-state index contributed by atoms with van der Waals surface area (Å²) in [5.41, 5.74) is 2.88. The van der Waals surface area contributed by atoms with Gasteiger partial charge in [-0.2, -0.15) is 0 Å². The third-order valence-electron chi connectivity index (χ3n) is 6.43. The monoisotopic (exact) mass is 553 g/mol. The summed E-state index contributed by atoms with van der Waals surface area (Å²) >= 11 is 0. The molecule has 0 spiro atoms. The number of rotatable bonds is 11. The van der Waals surface area contributed by atoms with E-state index < -0.39 is 28.5 Å². The lowest BCUT2D eigenvalue weighted by molar-refractivity contribution is -0.139. The van der Waals surface area contributed by atoms with E-state index in [1.165, 1.54) is 44.4 Å². The number of ether oxygens (including phenoxy) is 2. The van der Waals surface area contributed by atoms with Gasteiger partial charge in [-0.25, -0.2) is 8.42 Å². The van der Waals surface area contributed by atoms with Crippen LogP contribution in [0.2, 0.25) is 0 Å². The molecule has 0 unspecified atom stereocenters. The highest BCUT2D eigenvalue weighted by molar-refractivity contribution is 7.92. The number of hydrogen-bond donors (Lipinski definition) is 1. The highest BCUT2D eigenvalue weighted by Gasteiger charge is 2.34. The summed E-state index contributed by atoms with van der Waals surface area (Å²) in [4.78, 5) is 27.9. The normalized spacial score (nSPS) is 11.8. The Hall–Kier alpha value is -4.05. The van der Waals surface area contributed by atoms with Crippen LogP contribution in [0.15, 0.2) is 71.6 Å². The van der Waals surface area contributed by atoms with Crippen molar-refractivity contribution < 1.29 is 27.5 Å². The predicted octanol–water partition coefficient (Wildman–Crippen LogP) is 3.68. The second-order valence-corrected chi connectivity index (χ2v) is 11.0. The number of aryl methyl sites for hydroxylation is 2. The molecule has 10 heteroatoms. The molecule has 1 N–H and O–H groups in total. The van der Waals surface area contributed by atoms with E-state index >= 15 is 0 Å². The minimum atomic E-state index is -4.24. The standard InChI is InChI=1S/C29H35N3O6S/c1-20-7-11-23(12-8-20)18-31(22(3)29(34)30-4)28(33)19-32(26-17-24(37-5)13-16-27(26)38-6)39(35,36)25-14-9-21(2)10-15-25/h7-17,22H,18-19H2,1-6H3,(H,30,34)/t22-/m0/s1. The molecule has 0 aliphatic rings. The van der Waals surface area contributed by atoms with Crippen LogP contribution in [0.25, 0.3) is 0 Å². The van der Waals surface area contributed by atoms with Crippen molar-refractivity contribution in [2.45, 2.75) is 38.3 Å². The summed E-state index contributed by atoms with van der Waals surface area (Å²) in [6.45, 7) is 4.95. The average Bonchev–Trinajstić information content (AvgIpc) is 2.94. The zero-order chi connectivity index (χ0) is 28.7. The molecule has 0 aromatic heterocycles. The van der Waals surface area contributed by atoms with Crippen molar-refractivity contribution in [1.82, 2.24) is 10.2 Å². The van der Waals surface area contributed by atoms with Gasteiger partial charge in [0.05, 0.1) is 24.8 Å². The second kappa shape index (κ2) is 12.7. The van der Waals surface area contributed by atoms with Gasteiger partial charge in [-0.05, 0) is 50.6 Å². The minimum Gasteiger partial charge on any atom is -0.497 e. The SMILES string of the molecule is CNC(=O)[C@H](C)N(Cc1ccc(C)cc1)C(=O)CN(c1cc(OC)ccc1OC)S(=O)(=O)c1ccc(C)cc1. The number of hydrogen-bond acceptors (Lipinski definition) is 6. The number of benzene rings is 3. The van der Waals surface area contributed by atoms with Crippen LogP contribution in [0.3, 0.4) is 0 Å². The first-order valence-electron chi connectivity index (χ1n) is 12.4. The Bertz CT molecular complexity index is 1410. The second-order valence-electron chi connectivity index (χ2n) is 9.16. The molecular formula is C29H35N3O6S. The quantitative estimate of drug-likeness (QED) is 0.389. The van der Waals surface area contributed by atoms with Crippen molar-refractivity contribution in [3.63, 3.8) is 0 Å². The van der Waals surface area contributed by atoms with Gasteiger partial charge in [0.25, 0.3) is 10.0 Å². The summed E-state index contributed by atoms with van der Waals surface area (Å²) < 4.78 is 39.8. The molecule has 1 atom stereocenters. The molecule has 0 aliphatic heterocycles. The molecular weight excluding hydrogens is 518 g/mol. The Balaban J connectivity index is 2.12. The van der Waals surface area contributed by atoms with Crippen LogP contribution >= 0.6 is 0 Å². The zero-order valence-electron chi connectivity index (χ0n) is 23.1. The fourth-order valence-electron chi connectivity index (χ4n) is 4.02. The molecule has 3 aromatic rings. The predicted molar refractivity (Wildman–Crippen MR) is 151 cm³/mol. The summed E-state index contributed by atoms with van der Waals surface area (Å²) in [6, 6.07) is 17.8. The number of nitrogens with zero attached hydrogens (tertiary/aromatic N) is 2. The van der Waals surface area contributed by atoms with E-state index in [4.69, 9.17) is 9.47 Å². The van der Waals surface area contributed by atoms with Crippen LogP contribution in [-0.4, -0.2) is 59.0 Å². The van der Waals surface area contributed by atoms with E-state index in [-0.39, 0.29) is 28.8 Å². The van der Waals surface area contributed by atoms with Crippen LogP contribution in [0.5, 0.6) is 11.5 Å². The number of anilines is 1. The Morgan fingerprint density at radius 2 is 1.49 bits per heavy atom. The number of nitrogens with one attached hydrogen (secondary N) is 1. The van der Waals surface area contributed by atoms with Crippen molar-refractivity contribution in [2.75, 3.05) is 32.1 Å². The molecule has 0 saturated carbocycles. The first-order chi connectivity index (χ1) is 18.5. The van der Waals surface area contributed by atoms with E-state index in [1.807, 2.05) is 38.1 Å². The van der Waals surface area contributed by atoms with E-state index in [2.05, 4.69) is 5.32 Å². The van der Waals surface area contributed by atoms with Crippen LogP contribution in [0.4, 0.5) is 5.69 Å². The molecule has 39 heavy (non-hydrogen) atoms. The van der Waals surface area contributed by atoms with Gasteiger partial charge in [-0.15, -0.1) is 0 Å². The van der Waals surface area contributed by atoms with Gasteiger partial charge < -0.3 is 19.7 Å². The molecule has 0 bridgehead atoms. The fraction of sp³-hybridized carbons (Fsp3) is 0.310. The molecule has 0 fully saturated rings. The van der Waals surface area contributed by atoms with Crippen LogP contribution < -0.4 is 19.1 Å². The summed E-state index contributed by atoms with van der Waals surface area (Å²) in [5.74, 6) is -0.309. The van der Waals surface area contributed by atoms with Gasteiger partial charge in [-0.1, -0.05) is 47.5 Å². The summed E-state index contributed by atoms with van der Waals surface area (Å²) in [5, 5.41) is 2.57. The van der Waals surface area contributed by atoms with E-state index in [9.17, 15) is 18.0 Å². The van der Waals surface area contributed by atoms with Gasteiger partial charge >= 0.3 is 0 Å². The average molecular weight is 554 g/mol. The Morgan fingerprint density at radius 3 is 2.03 bits per heavy atom. The zero-order valence-corrected chi connectivity index (χ0v) is 23.9. The first kappa shape index (κ1) is 29.5. The third kappa shape index (κ3) is 6.88. The van der Waals surface area contributed by atoms with Gasteiger partial charge in [0, 0.05) is 19.7 Å². The third-order valence-corrected chi connectivity index (χ3v) is 8.20. The topological polar surface area (TPSA) is 105 Å². The molecule has 3 aromatic carbocycles. The molecule has 2 amide bonds. The highest BCUT2D eigenvalue weighted by Crippen LogP contribution is 2.36. The van der Waals surface area contributed by atoms with Gasteiger partial charge in [0.2, 0.25) is 11.8 Å². The molecule has 0 saturated heterocycles. The lowest BCUT2D eigenvalue weighted by atomic mass is 10.1. The van der Waals surface area contributed by atoms with E-state index in [0.717, 1.165) is 21.0 Å². The maximum absolute atomic E-state index is 14.0. The molecule has 0 aliphatic carbocycles. The molecule has 208 valence electrons. The van der Waals surface area contributed by atoms with Crippen LogP contribution in [0.1, 0.15) is 23.6 Å². The van der Waals surface area contributed by atoms with Gasteiger partial charge in [0.15, 0.2) is 0 Å². The number of likely N-dealkylation sites (N-methyl/N-ethyl adjacent to an activating group) is 1. The highest BCUT2D eigenvalue weighted by atomic mass is 32.2. The van der Waals surface area contributed by atoms with Crippen molar-refractivity contribution in [2.24, 2.45) is 0 Å². The van der Waals surface area contributed by atoms with E-state index in [0.29, 0.717) is 5.75 Å². The number of methoxy groups -OCH3 is 2. The lowest BCUT2D eigenvalue weighted by Crippen LogP contribution is -2.50. The number of carbonyl (C=O) groups is 2. The van der Waals surface area contributed by atoms with Crippen molar-refractivity contribution in [3.8, 4) is 11.5 Å². The summed E-state index contributed by atoms with van der Waals surface area (Å²) in [6.07, 6.45) is 0. The van der Waals surface area contributed by atoms with Gasteiger partial charge in [-0.3, -0.25) is 13.9 Å². The number of amides is 2. The van der Waals surface area contributed by atoms with Crippen molar-refractivity contribution >= 4 is 27.5 Å².